The van der Waals surface area contributed by atoms with Crippen LogP contribution < -0.4 is 5.32 Å². The molecule has 1 aromatic rings. The Bertz CT molecular complexity index is 321. The van der Waals surface area contributed by atoms with E-state index in [0.29, 0.717) is 11.8 Å². The van der Waals surface area contributed by atoms with Crippen LogP contribution in [0.5, 0.6) is 5.75 Å². The second kappa shape index (κ2) is 7.19. The van der Waals surface area contributed by atoms with Gasteiger partial charge in [-0.3, -0.25) is 0 Å². The highest BCUT2D eigenvalue weighted by molar-refractivity contribution is 8.03. The smallest absolute Gasteiger partial charge is 0.115 e. The van der Waals surface area contributed by atoms with Crippen LogP contribution in [-0.2, 0) is 6.42 Å². The average molecular weight is 269 g/mol. The van der Waals surface area contributed by atoms with Gasteiger partial charge in [-0.25, -0.2) is 0 Å². The first kappa shape index (κ1) is 13.1. The SMILES string of the molecule is Oc1ccc(CCNC2CSCCSC2)cc1. The molecule has 17 heavy (non-hydrogen) atoms. The number of phenols is 1. The zero-order valence-electron chi connectivity index (χ0n) is 9.89. The van der Waals surface area contributed by atoms with Crippen molar-refractivity contribution >= 4 is 23.5 Å². The van der Waals surface area contributed by atoms with Gasteiger partial charge in [0.1, 0.15) is 5.75 Å². The number of hydrogen-bond donors (Lipinski definition) is 2. The van der Waals surface area contributed by atoms with E-state index < -0.39 is 0 Å². The summed E-state index contributed by atoms with van der Waals surface area (Å²) < 4.78 is 0. The summed E-state index contributed by atoms with van der Waals surface area (Å²) in [6.45, 7) is 1.02. The van der Waals surface area contributed by atoms with Crippen molar-refractivity contribution in [3.05, 3.63) is 29.8 Å². The molecule has 0 saturated carbocycles. The molecule has 0 aliphatic carbocycles. The molecule has 1 aliphatic rings. The predicted molar refractivity (Wildman–Crippen MR) is 78.3 cm³/mol. The van der Waals surface area contributed by atoms with Crippen LogP contribution in [-0.4, -0.2) is 40.7 Å². The van der Waals surface area contributed by atoms with Crippen LogP contribution in [0, 0.1) is 0 Å². The number of aromatic hydroxyl groups is 1. The molecule has 1 aromatic carbocycles. The number of thioether (sulfide) groups is 2. The topological polar surface area (TPSA) is 32.3 Å². The van der Waals surface area contributed by atoms with Crippen LogP contribution in [0.2, 0.25) is 0 Å². The van der Waals surface area contributed by atoms with Gasteiger partial charge >= 0.3 is 0 Å². The highest BCUT2D eigenvalue weighted by Gasteiger charge is 2.11. The summed E-state index contributed by atoms with van der Waals surface area (Å²) in [5, 5.41) is 12.8. The maximum absolute atomic E-state index is 9.20. The van der Waals surface area contributed by atoms with Crippen molar-refractivity contribution in [3.8, 4) is 5.75 Å². The summed E-state index contributed by atoms with van der Waals surface area (Å²) in [7, 11) is 0. The van der Waals surface area contributed by atoms with Crippen LogP contribution in [0.3, 0.4) is 0 Å². The molecular weight excluding hydrogens is 250 g/mol. The lowest BCUT2D eigenvalue weighted by atomic mass is 10.1. The Morgan fingerprint density at radius 3 is 2.41 bits per heavy atom. The molecule has 4 heteroatoms. The van der Waals surface area contributed by atoms with Crippen LogP contribution in [0.1, 0.15) is 5.56 Å². The summed E-state index contributed by atoms with van der Waals surface area (Å²) in [4.78, 5) is 0. The quantitative estimate of drug-likeness (QED) is 0.879. The minimum absolute atomic E-state index is 0.346. The molecule has 1 aliphatic heterocycles. The molecule has 94 valence electrons. The maximum Gasteiger partial charge on any atom is 0.115 e. The summed E-state index contributed by atoms with van der Waals surface area (Å²) >= 11 is 4.11. The van der Waals surface area contributed by atoms with Crippen molar-refractivity contribution < 1.29 is 5.11 Å². The first-order valence-corrected chi connectivity index (χ1v) is 8.32. The van der Waals surface area contributed by atoms with E-state index in [1.54, 1.807) is 12.1 Å². The average Bonchev–Trinajstić information content (AvgIpc) is 2.60. The first-order valence-electron chi connectivity index (χ1n) is 6.01. The summed E-state index contributed by atoms with van der Waals surface area (Å²) in [6.07, 6.45) is 1.03. The summed E-state index contributed by atoms with van der Waals surface area (Å²) in [5.41, 5.74) is 1.28. The molecule has 2 rings (SSSR count). The highest BCUT2D eigenvalue weighted by atomic mass is 32.2. The van der Waals surface area contributed by atoms with Gasteiger partial charge < -0.3 is 10.4 Å². The largest absolute Gasteiger partial charge is 0.508 e. The van der Waals surface area contributed by atoms with Crippen LogP contribution in [0.15, 0.2) is 24.3 Å². The Morgan fingerprint density at radius 2 is 1.76 bits per heavy atom. The fraction of sp³-hybridized carbons (Fsp3) is 0.538. The van der Waals surface area contributed by atoms with Crippen molar-refractivity contribution in [2.24, 2.45) is 0 Å². The monoisotopic (exact) mass is 269 g/mol. The van der Waals surface area contributed by atoms with Gasteiger partial charge in [0.25, 0.3) is 0 Å². The van der Waals surface area contributed by atoms with Crippen molar-refractivity contribution in [2.75, 3.05) is 29.6 Å². The van der Waals surface area contributed by atoms with Gasteiger partial charge in [-0.1, -0.05) is 12.1 Å². The maximum atomic E-state index is 9.20. The fourth-order valence-corrected chi connectivity index (χ4v) is 4.28. The second-order valence-electron chi connectivity index (χ2n) is 4.22. The molecule has 2 N–H and O–H groups in total. The van der Waals surface area contributed by atoms with E-state index in [4.69, 9.17) is 0 Å². The van der Waals surface area contributed by atoms with E-state index >= 15 is 0 Å². The number of hydrogen-bond acceptors (Lipinski definition) is 4. The van der Waals surface area contributed by atoms with E-state index in [1.807, 2.05) is 12.1 Å². The van der Waals surface area contributed by atoms with Gasteiger partial charge in [0.05, 0.1) is 0 Å². The lowest BCUT2D eigenvalue weighted by molar-refractivity contribution is 0.475. The zero-order valence-corrected chi connectivity index (χ0v) is 11.5. The molecule has 2 nitrogen and oxygen atoms in total. The van der Waals surface area contributed by atoms with Gasteiger partial charge in [-0.05, 0) is 30.7 Å². The third-order valence-electron chi connectivity index (χ3n) is 2.79. The Balaban J connectivity index is 1.69. The highest BCUT2D eigenvalue weighted by Crippen LogP contribution is 2.16. The van der Waals surface area contributed by atoms with Crippen LogP contribution in [0.4, 0.5) is 0 Å². The minimum atomic E-state index is 0.346. The molecule has 1 fully saturated rings. The lowest BCUT2D eigenvalue weighted by Crippen LogP contribution is -2.34. The van der Waals surface area contributed by atoms with Crippen LogP contribution in [0.25, 0.3) is 0 Å². The Morgan fingerprint density at radius 1 is 1.12 bits per heavy atom. The van der Waals surface area contributed by atoms with Crippen molar-refractivity contribution in [3.63, 3.8) is 0 Å². The molecule has 1 saturated heterocycles. The fourth-order valence-electron chi connectivity index (χ4n) is 1.82. The molecule has 0 atom stereocenters. The lowest BCUT2D eigenvalue weighted by Gasteiger charge is -2.15. The zero-order chi connectivity index (χ0) is 11.9. The third-order valence-corrected chi connectivity index (χ3v) is 5.31. The van der Waals surface area contributed by atoms with Crippen LogP contribution >= 0.6 is 23.5 Å². The third kappa shape index (κ3) is 4.82. The van der Waals surface area contributed by atoms with Crippen molar-refractivity contribution in [2.45, 2.75) is 12.5 Å². The van der Waals surface area contributed by atoms with Crippen molar-refractivity contribution in [1.82, 2.24) is 5.32 Å². The van der Waals surface area contributed by atoms with Crippen molar-refractivity contribution in [1.29, 1.82) is 0 Å². The Kier molecular flexibility index (Phi) is 5.55. The summed E-state index contributed by atoms with van der Waals surface area (Å²) in [5.74, 6) is 5.41. The molecule has 0 bridgehead atoms. The standard InChI is InChI=1S/C13H19NOS2/c15-13-3-1-11(2-4-13)5-6-14-12-9-16-7-8-17-10-12/h1-4,12,14-15H,5-10H2. The van der Waals surface area contributed by atoms with E-state index in [0.717, 1.165) is 13.0 Å². The van der Waals surface area contributed by atoms with E-state index in [2.05, 4.69) is 28.8 Å². The molecule has 0 unspecified atom stereocenters. The second-order valence-corrected chi connectivity index (χ2v) is 6.52. The van der Waals surface area contributed by atoms with Gasteiger partial charge in [-0.2, -0.15) is 23.5 Å². The van der Waals surface area contributed by atoms with Gasteiger partial charge in [-0.15, -0.1) is 0 Å². The first-order chi connectivity index (χ1) is 8.34. The van der Waals surface area contributed by atoms with Gasteiger partial charge in [0, 0.05) is 29.1 Å². The Hall–Kier alpha value is -0.320. The molecular formula is C13H19NOS2. The molecule has 0 radical (unpaired) electrons. The number of nitrogens with one attached hydrogen (secondary N) is 1. The number of phenolic OH excluding ortho intramolecular Hbond substituents is 1. The normalized spacial score (nSPS) is 17.9. The van der Waals surface area contributed by atoms with Gasteiger partial charge in [0.2, 0.25) is 0 Å². The van der Waals surface area contributed by atoms with E-state index in [1.165, 1.54) is 28.6 Å². The Labute approximate surface area is 112 Å². The number of rotatable bonds is 4. The molecule has 0 amide bonds. The molecule has 0 aromatic heterocycles. The summed E-state index contributed by atoms with van der Waals surface area (Å²) in [6, 6.07) is 8.16. The predicted octanol–water partition coefficient (Wildman–Crippen LogP) is 2.37. The van der Waals surface area contributed by atoms with E-state index in [9.17, 15) is 5.11 Å². The molecule has 1 heterocycles. The minimum Gasteiger partial charge on any atom is -0.508 e. The number of benzene rings is 1. The van der Waals surface area contributed by atoms with E-state index in [-0.39, 0.29) is 0 Å². The molecule has 0 spiro atoms. The van der Waals surface area contributed by atoms with Gasteiger partial charge in [0.15, 0.2) is 0 Å².